The molecule has 2 rings (SSSR count). The lowest BCUT2D eigenvalue weighted by Gasteiger charge is -2.08. The SMILES string of the molecule is CCc1nc(NN)cc(Oc2cc(F)ccc2F)n1. The van der Waals surface area contributed by atoms with Crippen LogP contribution in [0.15, 0.2) is 24.3 Å². The Labute approximate surface area is 108 Å². The molecule has 0 radical (unpaired) electrons. The quantitative estimate of drug-likeness (QED) is 0.656. The third-order valence-electron chi connectivity index (χ3n) is 2.32. The molecule has 5 nitrogen and oxygen atoms in total. The van der Waals surface area contributed by atoms with Gasteiger partial charge in [-0.1, -0.05) is 6.92 Å². The van der Waals surface area contributed by atoms with Gasteiger partial charge in [0, 0.05) is 18.6 Å². The molecule has 0 saturated carbocycles. The van der Waals surface area contributed by atoms with E-state index in [1.54, 1.807) is 0 Å². The summed E-state index contributed by atoms with van der Waals surface area (Å²) in [6.45, 7) is 1.85. The minimum Gasteiger partial charge on any atom is -0.436 e. The van der Waals surface area contributed by atoms with Gasteiger partial charge in [-0.25, -0.2) is 19.6 Å². The third-order valence-corrected chi connectivity index (χ3v) is 2.32. The molecule has 0 amide bonds. The zero-order valence-electron chi connectivity index (χ0n) is 10.2. The van der Waals surface area contributed by atoms with Crippen LogP contribution < -0.4 is 16.0 Å². The van der Waals surface area contributed by atoms with Crippen molar-refractivity contribution in [2.75, 3.05) is 5.43 Å². The Kier molecular flexibility index (Phi) is 3.86. The lowest BCUT2D eigenvalue weighted by molar-refractivity contribution is 0.420. The molecule has 0 spiro atoms. The molecule has 0 aliphatic carbocycles. The molecule has 0 unspecified atom stereocenters. The Balaban J connectivity index is 2.34. The molecule has 1 heterocycles. The van der Waals surface area contributed by atoms with Crippen molar-refractivity contribution in [3.8, 4) is 11.6 Å². The number of nitrogens with zero attached hydrogens (tertiary/aromatic N) is 2. The molecular weight excluding hydrogens is 254 g/mol. The van der Waals surface area contributed by atoms with Crippen molar-refractivity contribution >= 4 is 5.82 Å². The Bertz CT molecular complexity index is 570. The van der Waals surface area contributed by atoms with Crippen LogP contribution in [-0.4, -0.2) is 9.97 Å². The maximum atomic E-state index is 13.4. The minimum atomic E-state index is -0.680. The van der Waals surface area contributed by atoms with Crippen molar-refractivity contribution in [3.05, 3.63) is 41.7 Å². The lowest BCUT2D eigenvalue weighted by atomic mass is 10.3. The molecule has 0 atom stereocenters. The van der Waals surface area contributed by atoms with Crippen LogP contribution in [0.1, 0.15) is 12.7 Å². The van der Waals surface area contributed by atoms with Crippen molar-refractivity contribution in [2.45, 2.75) is 13.3 Å². The van der Waals surface area contributed by atoms with E-state index in [0.29, 0.717) is 18.1 Å². The molecule has 3 N–H and O–H groups in total. The average molecular weight is 266 g/mol. The third kappa shape index (κ3) is 3.14. The number of aromatic nitrogens is 2. The zero-order chi connectivity index (χ0) is 13.8. The van der Waals surface area contributed by atoms with Gasteiger partial charge in [-0.05, 0) is 12.1 Å². The van der Waals surface area contributed by atoms with Crippen molar-refractivity contribution in [1.82, 2.24) is 9.97 Å². The number of benzene rings is 1. The molecule has 100 valence electrons. The molecule has 0 bridgehead atoms. The second kappa shape index (κ2) is 5.57. The number of nitrogen functional groups attached to an aromatic ring is 1. The van der Waals surface area contributed by atoms with Crippen LogP contribution in [0.25, 0.3) is 0 Å². The van der Waals surface area contributed by atoms with Crippen molar-refractivity contribution in [2.24, 2.45) is 5.84 Å². The number of nitrogens with one attached hydrogen (secondary N) is 1. The summed E-state index contributed by atoms with van der Waals surface area (Å²) in [4.78, 5) is 8.10. The topological polar surface area (TPSA) is 73.1 Å². The van der Waals surface area contributed by atoms with E-state index in [-0.39, 0.29) is 11.6 Å². The summed E-state index contributed by atoms with van der Waals surface area (Å²) in [5, 5.41) is 0. The number of hydrazine groups is 1. The summed E-state index contributed by atoms with van der Waals surface area (Å²) in [5.41, 5.74) is 2.35. The van der Waals surface area contributed by atoms with Crippen LogP contribution in [-0.2, 0) is 6.42 Å². The fraction of sp³-hybridized carbons (Fsp3) is 0.167. The minimum absolute atomic E-state index is 0.0873. The molecule has 0 aliphatic heterocycles. The molecule has 7 heteroatoms. The maximum Gasteiger partial charge on any atom is 0.224 e. The maximum absolute atomic E-state index is 13.4. The summed E-state index contributed by atoms with van der Waals surface area (Å²) in [7, 11) is 0. The summed E-state index contributed by atoms with van der Waals surface area (Å²) in [6.07, 6.45) is 0.553. The van der Waals surface area contributed by atoms with Crippen LogP contribution in [0, 0.1) is 11.6 Å². The predicted molar refractivity (Wildman–Crippen MR) is 65.7 cm³/mol. The number of hydrogen-bond donors (Lipinski definition) is 2. The van der Waals surface area contributed by atoms with Crippen LogP contribution in [0.4, 0.5) is 14.6 Å². The van der Waals surface area contributed by atoms with E-state index >= 15 is 0 Å². The smallest absolute Gasteiger partial charge is 0.224 e. The van der Waals surface area contributed by atoms with E-state index in [2.05, 4.69) is 15.4 Å². The number of halogens is 2. The molecule has 0 fully saturated rings. The van der Waals surface area contributed by atoms with Gasteiger partial charge < -0.3 is 10.2 Å². The Morgan fingerprint density at radius 2 is 2.05 bits per heavy atom. The van der Waals surface area contributed by atoms with Gasteiger partial charge in [0.05, 0.1) is 0 Å². The molecule has 2 aromatic rings. The van der Waals surface area contributed by atoms with Crippen molar-refractivity contribution in [3.63, 3.8) is 0 Å². The van der Waals surface area contributed by atoms with Gasteiger partial charge in [-0.2, -0.15) is 4.98 Å². The molecule has 0 aliphatic rings. The van der Waals surface area contributed by atoms with Gasteiger partial charge in [0.25, 0.3) is 0 Å². The standard InChI is InChI=1S/C12H12F2N4O/c1-2-10-16-11(18-15)6-12(17-10)19-9-5-7(13)3-4-8(9)14/h3-6H,2,15H2,1H3,(H,16,17,18). The van der Waals surface area contributed by atoms with E-state index in [4.69, 9.17) is 10.6 Å². The van der Waals surface area contributed by atoms with E-state index in [9.17, 15) is 8.78 Å². The van der Waals surface area contributed by atoms with E-state index < -0.39 is 11.6 Å². The summed E-state index contributed by atoms with van der Waals surface area (Å²) >= 11 is 0. The first-order valence-corrected chi connectivity index (χ1v) is 5.60. The molecule has 1 aromatic heterocycles. The van der Waals surface area contributed by atoms with Gasteiger partial charge >= 0.3 is 0 Å². The number of ether oxygens (including phenoxy) is 1. The first-order valence-electron chi connectivity index (χ1n) is 5.60. The second-order valence-corrected chi connectivity index (χ2v) is 3.68. The number of nitrogens with two attached hydrogens (primary N) is 1. The summed E-state index contributed by atoms with van der Waals surface area (Å²) < 4.78 is 31.7. The molecule has 19 heavy (non-hydrogen) atoms. The Morgan fingerprint density at radius 3 is 2.74 bits per heavy atom. The Morgan fingerprint density at radius 1 is 1.26 bits per heavy atom. The van der Waals surface area contributed by atoms with Crippen molar-refractivity contribution in [1.29, 1.82) is 0 Å². The number of rotatable bonds is 4. The zero-order valence-corrected chi connectivity index (χ0v) is 10.2. The first-order chi connectivity index (χ1) is 9.12. The van der Waals surface area contributed by atoms with E-state index in [1.165, 1.54) is 6.07 Å². The fourth-order valence-corrected chi connectivity index (χ4v) is 1.43. The van der Waals surface area contributed by atoms with Gasteiger partial charge in [-0.15, -0.1) is 0 Å². The van der Waals surface area contributed by atoms with Gasteiger partial charge in [-0.3, -0.25) is 0 Å². The van der Waals surface area contributed by atoms with E-state index in [0.717, 1.165) is 18.2 Å². The number of anilines is 1. The molecular formula is C12H12F2N4O. The number of aryl methyl sites for hydroxylation is 1. The van der Waals surface area contributed by atoms with Gasteiger partial charge in [0.2, 0.25) is 5.88 Å². The predicted octanol–water partition coefficient (Wildman–Crippen LogP) is 2.40. The first kappa shape index (κ1) is 13.2. The van der Waals surface area contributed by atoms with Gasteiger partial charge in [0.1, 0.15) is 17.5 Å². The van der Waals surface area contributed by atoms with Gasteiger partial charge in [0.15, 0.2) is 11.6 Å². The van der Waals surface area contributed by atoms with E-state index in [1.807, 2.05) is 6.92 Å². The summed E-state index contributed by atoms with van der Waals surface area (Å²) in [5.74, 6) is 4.63. The lowest BCUT2D eigenvalue weighted by Crippen LogP contribution is -2.10. The highest BCUT2D eigenvalue weighted by molar-refractivity contribution is 5.39. The molecule has 0 saturated heterocycles. The highest BCUT2D eigenvalue weighted by Gasteiger charge is 2.09. The average Bonchev–Trinajstić information content (AvgIpc) is 2.42. The van der Waals surface area contributed by atoms with Crippen LogP contribution in [0.3, 0.4) is 0 Å². The highest BCUT2D eigenvalue weighted by atomic mass is 19.1. The van der Waals surface area contributed by atoms with Crippen LogP contribution in [0.2, 0.25) is 0 Å². The second-order valence-electron chi connectivity index (χ2n) is 3.68. The summed E-state index contributed by atoms with van der Waals surface area (Å²) in [6, 6.07) is 4.32. The molecule has 1 aromatic carbocycles. The Hall–Kier alpha value is -2.28. The monoisotopic (exact) mass is 266 g/mol. The van der Waals surface area contributed by atoms with Crippen LogP contribution in [0.5, 0.6) is 11.6 Å². The highest BCUT2D eigenvalue weighted by Crippen LogP contribution is 2.25. The fourth-order valence-electron chi connectivity index (χ4n) is 1.43. The van der Waals surface area contributed by atoms with Crippen molar-refractivity contribution < 1.29 is 13.5 Å². The number of hydrogen-bond acceptors (Lipinski definition) is 5. The largest absolute Gasteiger partial charge is 0.436 e. The van der Waals surface area contributed by atoms with Crippen LogP contribution >= 0.6 is 0 Å². The normalized spacial score (nSPS) is 10.3.